The second-order valence-corrected chi connectivity index (χ2v) is 5.59. The van der Waals surface area contributed by atoms with Crippen molar-refractivity contribution in [2.24, 2.45) is 0 Å². The van der Waals surface area contributed by atoms with Crippen LogP contribution in [0.1, 0.15) is 12.5 Å². The van der Waals surface area contributed by atoms with Gasteiger partial charge >= 0.3 is 0 Å². The molecule has 17 heavy (non-hydrogen) atoms. The number of benzene rings is 1. The van der Waals surface area contributed by atoms with Gasteiger partial charge in [0.15, 0.2) is 0 Å². The van der Waals surface area contributed by atoms with Gasteiger partial charge in [-0.3, -0.25) is 0 Å². The molecule has 0 atom stereocenters. The summed E-state index contributed by atoms with van der Waals surface area (Å²) in [5, 5.41) is 3.35. The van der Waals surface area contributed by atoms with Gasteiger partial charge in [-0.2, -0.15) is 0 Å². The maximum Gasteiger partial charge on any atom is 0.123 e. The molecule has 1 aromatic carbocycles. The molecule has 0 aliphatic rings. The van der Waals surface area contributed by atoms with Crippen molar-refractivity contribution in [2.45, 2.75) is 19.0 Å². The van der Waals surface area contributed by atoms with Crippen molar-refractivity contribution >= 4 is 39.1 Å². The maximum atomic E-state index is 5.89. The SMILES string of the molecule is COc1ccc(Br)cc1CNC(C)(CCl)CCl. The van der Waals surface area contributed by atoms with Crippen LogP contribution in [0.5, 0.6) is 5.75 Å². The van der Waals surface area contributed by atoms with Gasteiger partial charge in [-0.1, -0.05) is 15.9 Å². The second kappa shape index (κ2) is 6.83. The largest absolute Gasteiger partial charge is 0.496 e. The second-order valence-electron chi connectivity index (χ2n) is 4.14. The summed E-state index contributed by atoms with van der Waals surface area (Å²) in [5.41, 5.74) is 0.805. The summed E-state index contributed by atoms with van der Waals surface area (Å²) >= 11 is 15.2. The van der Waals surface area contributed by atoms with Crippen molar-refractivity contribution in [2.75, 3.05) is 18.9 Å². The number of hydrogen-bond acceptors (Lipinski definition) is 2. The highest BCUT2D eigenvalue weighted by Crippen LogP contribution is 2.23. The van der Waals surface area contributed by atoms with Crippen LogP contribution >= 0.6 is 39.1 Å². The Morgan fingerprint density at radius 1 is 1.35 bits per heavy atom. The van der Waals surface area contributed by atoms with Gasteiger partial charge in [-0.05, 0) is 25.1 Å². The molecule has 0 unspecified atom stereocenters. The summed E-state index contributed by atoms with van der Waals surface area (Å²) in [6, 6.07) is 5.90. The summed E-state index contributed by atoms with van der Waals surface area (Å²) in [7, 11) is 1.66. The van der Waals surface area contributed by atoms with E-state index in [2.05, 4.69) is 21.2 Å². The lowest BCUT2D eigenvalue weighted by molar-refractivity contribution is 0.395. The van der Waals surface area contributed by atoms with Crippen LogP contribution in [0, 0.1) is 0 Å². The molecule has 1 N–H and O–H groups in total. The molecular formula is C12H16BrCl2NO. The number of rotatable bonds is 6. The fourth-order valence-electron chi connectivity index (χ4n) is 1.32. The first-order valence-electron chi connectivity index (χ1n) is 5.24. The lowest BCUT2D eigenvalue weighted by Crippen LogP contribution is -2.45. The number of alkyl halides is 2. The van der Waals surface area contributed by atoms with E-state index in [1.165, 1.54) is 0 Å². The van der Waals surface area contributed by atoms with Crippen molar-refractivity contribution in [3.8, 4) is 5.75 Å². The minimum atomic E-state index is -0.267. The number of hydrogen-bond donors (Lipinski definition) is 1. The highest BCUT2D eigenvalue weighted by molar-refractivity contribution is 9.10. The Hall–Kier alpha value is 0.0400. The van der Waals surface area contributed by atoms with E-state index >= 15 is 0 Å². The average Bonchev–Trinajstić information content (AvgIpc) is 2.36. The summed E-state index contributed by atoms with van der Waals surface area (Å²) in [6.45, 7) is 2.66. The van der Waals surface area contributed by atoms with E-state index in [4.69, 9.17) is 27.9 Å². The van der Waals surface area contributed by atoms with E-state index < -0.39 is 0 Å². The number of ether oxygens (including phenoxy) is 1. The van der Waals surface area contributed by atoms with Gasteiger partial charge in [0.25, 0.3) is 0 Å². The fourth-order valence-corrected chi connectivity index (χ4v) is 2.21. The van der Waals surface area contributed by atoms with Gasteiger partial charge < -0.3 is 10.1 Å². The van der Waals surface area contributed by atoms with Gasteiger partial charge in [-0.25, -0.2) is 0 Å². The predicted molar refractivity (Wildman–Crippen MR) is 77.4 cm³/mol. The predicted octanol–water partition coefficient (Wildman–Crippen LogP) is 3.78. The Balaban J connectivity index is 2.77. The lowest BCUT2D eigenvalue weighted by atomic mass is 10.1. The van der Waals surface area contributed by atoms with Gasteiger partial charge in [0.1, 0.15) is 5.75 Å². The molecule has 0 aliphatic heterocycles. The molecule has 0 aliphatic carbocycles. The summed E-state index contributed by atoms with van der Waals surface area (Å²) < 4.78 is 6.33. The van der Waals surface area contributed by atoms with Crippen molar-refractivity contribution in [3.05, 3.63) is 28.2 Å². The topological polar surface area (TPSA) is 21.3 Å². The molecule has 0 spiro atoms. The zero-order chi connectivity index (χ0) is 12.9. The summed E-state index contributed by atoms with van der Waals surface area (Å²) in [6.07, 6.45) is 0. The van der Waals surface area contributed by atoms with Crippen LogP contribution in [-0.4, -0.2) is 24.4 Å². The monoisotopic (exact) mass is 339 g/mol. The Morgan fingerprint density at radius 2 is 2.00 bits per heavy atom. The zero-order valence-corrected chi connectivity index (χ0v) is 13.0. The van der Waals surface area contributed by atoms with E-state index in [0.29, 0.717) is 18.3 Å². The van der Waals surface area contributed by atoms with Crippen LogP contribution in [-0.2, 0) is 6.54 Å². The van der Waals surface area contributed by atoms with Crippen molar-refractivity contribution in [1.29, 1.82) is 0 Å². The molecule has 5 heteroatoms. The first kappa shape index (κ1) is 15.1. The van der Waals surface area contributed by atoms with Gasteiger partial charge in [-0.15, -0.1) is 23.2 Å². The first-order chi connectivity index (χ1) is 8.04. The van der Waals surface area contributed by atoms with Crippen LogP contribution in [0.3, 0.4) is 0 Å². The molecule has 2 nitrogen and oxygen atoms in total. The maximum absolute atomic E-state index is 5.89. The normalized spacial score (nSPS) is 11.6. The smallest absolute Gasteiger partial charge is 0.123 e. The summed E-state index contributed by atoms with van der Waals surface area (Å²) in [5.74, 6) is 1.78. The van der Waals surface area contributed by atoms with E-state index in [9.17, 15) is 0 Å². The van der Waals surface area contributed by atoms with E-state index in [1.54, 1.807) is 7.11 Å². The Kier molecular flexibility index (Phi) is 6.07. The van der Waals surface area contributed by atoms with E-state index in [-0.39, 0.29) is 5.54 Å². The quantitative estimate of drug-likeness (QED) is 0.795. The molecule has 0 saturated carbocycles. The Bertz CT molecular complexity index is 370. The third kappa shape index (κ3) is 4.32. The van der Waals surface area contributed by atoms with Gasteiger partial charge in [0.2, 0.25) is 0 Å². The molecule has 96 valence electrons. The fraction of sp³-hybridized carbons (Fsp3) is 0.500. The Labute approximate surface area is 121 Å². The average molecular weight is 341 g/mol. The van der Waals surface area contributed by atoms with Gasteiger partial charge in [0, 0.05) is 33.9 Å². The molecule has 0 bridgehead atoms. The molecule has 0 amide bonds. The minimum absolute atomic E-state index is 0.267. The third-order valence-electron chi connectivity index (χ3n) is 2.54. The molecule has 0 fully saturated rings. The summed E-state index contributed by atoms with van der Waals surface area (Å²) in [4.78, 5) is 0. The first-order valence-corrected chi connectivity index (χ1v) is 7.10. The van der Waals surface area contributed by atoms with Crippen molar-refractivity contribution in [3.63, 3.8) is 0 Å². The molecule has 0 radical (unpaired) electrons. The minimum Gasteiger partial charge on any atom is -0.496 e. The number of nitrogens with one attached hydrogen (secondary N) is 1. The van der Waals surface area contributed by atoms with E-state index in [1.807, 2.05) is 25.1 Å². The van der Waals surface area contributed by atoms with Crippen LogP contribution in [0.25, 0.3) is 0 Å². The number of methoxy groups -OCH3 is 1. The lowest BCUT2D eigenvalue weighted by Gasteiger charge is -2.26. The van der Waals surface area contributed by atoms with Crippen molar-refractivity contribution < 1.29 is 4.74 Å². The zero-order valence-electron chi connectivity index (χ0n) is 9.90. The van der Waals surface area contributed by atoms with Crippen LogP contribution in [0.2, 0.25) is 0 Å². The highest BCUT2D eigenvalue weighted by atomic mass is 79.9. The molecular weight excluding hydrogens is 325 g/mol. The molecule has 0 heterocycles. The van der Waals surface area contributed by atoms with E-state index in [0.717, 1.165) is 15.8 Å². The molecule has 0 saturated heterocycles. The highest BCUT2D eigenvalue weighted by Gasteiger charge is 2.21. The third-order valence-corrected chi connectivity index (χ3v) is 4.21. The van der Waals surface area contributed by atoms with Crippen LogP contribution < -0.4 is 10.1 Å². The molecule has 1 aromatic rings. The Morgan fingerprint density at radius 3 is 2.53 bits per heavy atom. The molecule has 0 aromatic heterocycles. The van der Waals surface area contributed by atoms with Gasteiger partial charge in [0.05, 0.1) is 7.11 Å². The number of halogens is 3. The van der Waals surface area contributed by atoms with Crippen molar-refractivity contribution in [1.82, 2.24) is 5.32 Å². The van der Waals surface area contributed by atoms with Crippen LogP contribution in [0.15, 0.2) is 22.7 Å². The standard InChI is InChI=1S/C12H16BrCl2NO/c1-12(7-14,8-15)16-6-9-5-10(13)3-4-11(9)17-2/h3-5,16H,6-8H2,1-2H3. The molecule has 1 rings (SSSR count). The van der Waals surface area contributed by atoms with Crippen LogP contribution in [0.4, 0.5) is 0 Å².